The molecule has 2 atom stereocenters. The Morgan fingerprint density at radius 3 is 2.80 bits per heavy atom. The molecule has 1 fully saturated rings. The predicted octanol–water partition coefficient (Wildman–Crippen LogP) is 2.50. The van der Waals surface area contributed by atoms with Gasteiger partial charge in [0.15, 0.2) is 0 Å². The molecule has 0 aromatic carbocycles. The number of likely N-dealkylation sites (tertiary alicyclic amines) is 1. The summed E-state index contributed by atoms with van der Waals surface area (Å²) in [5.41, 5.74) is 0. The van der Waals surface area contributed by atoms with E-state index in [1.54, 1.807) is 0 Å². The third-order valence-electron chi connectivity index (χ3n) is 3.66. The largest absolute Gasteiger partial charge is 0.316 e. The Bertz CT molecular complexity index is 159. The molecule has 0 aromatic heterocycles. The van der Waals surface area contributed by atoms with Gasteiger partial charge in [0.2, 0.25) is 0 Å². The third-order valence-corrected chi connectivity index (χ3v) is 3.66. The monoisotopic (exact) mass is 212 g/mol. The molecular weight excluding hydrogens is 184 g/mol. The molecule has 2 heteroatoms. The van der Waals surface area contributed by atoms with Gasteiger partial charge in [0, 0.05) is 12.6 Å². The molecule has 15 heavy (non-hydrogen) atoms. The number of hydrogen-bond donors (Lipinski definition) is 1. The fourth-order valence-corrected chi connectivity index (χ4v) is 2.58. The zero-order chi connectivity index (χ0) is 11.1. The second kappa shape index (κ2) is 7.24. The third kappa shape index (κ3) is 4.98. The molecule has 2 nitrogen and oxygen atoms in total. The summed E-state index contributed by atoms with van der Waals surface area (Å²) in [5, 5.41) is 3.33. The second-order valence-corrected chi connectivity index (χ2v) is 5.08. The van der Waals surface area contributed by atoms with Crippen LogP contribution in [0.25, 0.3) is 0 Å². The van der Waals surface area contributed by atoms with Crippen LogP contribution in [0.3, 0.4) is 0 Å². The molecule has 0 bridgehead atoms. The van der Waals surface area contributed by atoms with Crippen LogP contribution >= 0.6 is 0 Å². The van der Waals surface area contributed by atoms with Crippen molar-refractivity contribution < 1.29 is 0 Å². The van der Waals surface area contributed by atoms with E-state index in [9.17, 15) is 0 Å². The van der Waals surface area contributed by atoms with E-state index < -0.39 is 0 Å². The molecule has 2 unspecified atom stereocenters. The zero-order valence-electron chi connectivity index (χ0n) is 10.8. The highest BCUT2D eigenvalue weighted by atomic mass is 15.1. The Morgan fingerprint density at radius 1 is 1.33 bits per heavy atom. The molecule has 0 saturated carbocycles. The van der Waals surface area contributed by atoms with E-state index in [1.165, 1.54) is 51.7 Å². The number of nitrogens with one attached hydrogen (secondary N) is 1. The van der Waals surface area contributed by atoms with Gasteiger partial charge in [-0.25, -0.2) is 0 Å². The van der Waals surface area contributed by atoms with Crippen molar-refractivity contribution in [2.45, 2.75) is 52.0 Å². The van der Waals surface area contributed by atoms with E-state index in [0.29, 0.717) is 6.04 Å². The van der Waals surface area contributed by atoms with E-state index in [0.717, 1.165) is 5.92 Å². The van der Waals surface area contributed by atoms with E-state index in [4.69, 9.17) is 0 Å². The van der Waals surface area contributed by atoms with Gasteiger partial charge in [-0.15, -0.1) is 0 Å². The molecule has 0 aliphatic carbocycles. The lowest BCUT2D eigenvalue weighted by molar-refractivity contribution is 0.256. The van der Waals surface area contributed by atoms with Gasteiger partial charge < -0.3 is 10.2 Å². The maximum atomic E-state index is 3.33. The van der Waals surface area contributed by atoms with Gasteiger partial charge in [-0.1, -0.05) is 19.8 Å². The second-order valence-electron chi connectivity index (χ2n) is 5.08. The van der Waals surface area contributed by atoms with Gasteiger partial charge >= 0.3 is 0 Å². The lowest BCUT2D eigenvalue weighted by Crippen LogP contribution is -2.38. The van der Waals surface area contributed by atoms with E-state index in [-0.39, 0.29) is 0 Å². The summed E-state index contributed by atoms with van der Waals surface area (Å²) in [5.74, 6) is 1.00. The van der Waals surface area contributed by atoms with Crippen LogP contribution in [0.1, 0.15) is 46.0 Å². The smallest absolute Gasteiger partial charge is 0.0163 e. The molecule has 90 valence electrons. The standard InChI is InChI=1S/C13H28N2/c1-4-6-13-7-5-9-15(10-8-13)11-12(2)14-3/h12-14H,4-11H2,1-3H3. The van der Waals surface area contributed by atoms with Gasteiger partial charge in [0.25, 0.3) is 0 Å². The molecule has 1 saturated heterocycles. The highest BCUT2D eigenvalue weighted by Crippen LogP contribution is 2.21. The van der Waals surface area contributed by atoms with Crippen molar-refractivity contribution in [3.8, 4) is 0 Å². The highest BCUT2D eigenvalue weighted by Gasteiger charge is 2.17. The van der Waals surface area contributed by atoms with Crippen molar-refractivity contribution in [1.29, 1.82) is 0 Å². The fourth-order valence-electron chi connectivity index (χ4n) is 2.58. The maximum Gasteiger partial charge on any atom is 0.0163 e. The number of rotatable bonds is 5. The minimum atomic E-state index is 0.632. The first-order chi connectivity index (χ1) is 7.26. The topological polar surface area (TPSA) is 15.3 Å². The summed E-state index contributed by atoms with van der Waals surface area (Å²) < 4.78 is 0. The van der Waals surface area contributed by atoms with Crippen LogP contribution in [0.15, 0.2) is 0 Å². The van der Waals surface area contributed by atoms with E-state index in [2.05, 4.69) is 31.1 Å². The minimum absolute atomic E-state index is 0.632. The quantitative estimate of drug-likeness (QED) is 0.753. The van der Waals surface area contributed by atoms with Gasteiger partial charge in [-0.2, -0.15) is 0 Å². The molecule has 1 N–H and O–H groups in total. The van der Waals surface area contributed by atoms with E-state index >= 15 is 0 Å². The number of hydrogen-bond acceptors (Lipinski definition) is 2. The van der Waals surface area contributed by atoms with Gasteiger partial charge in [0.05, 0.1) is 0 Å². The molecule has 1 aliphatic heterocycles. The van der Waals surface area contributed by atoms with Crippen LogP contribution in [-0.2, 0) is 0 Å². The maximum absolute atomic E-state index is 3.33. The van der Waals surface area contributed by atoms with E-state index in [1.807, 2.05) is 0 Å². The van der Waals surface area contributed by atoms with Gasteiger partial charge in [-0.3, -0.25) is 0 Å². The molecule has 1 aliphatic rings. The zero-order valence-corrected chi connectivity index (χ0v) is 10.8. The molecule has 0 spiro atoms. The lowest BCUT2D eigenvalue weighted by Gasteiger charge is -2.23. The number of nitrogens with zero attached hydrogens (tertiary/aromatic N) is 1. The van der Waals surface area contributed by atoms with Crippen LogP contribution in [-0.4, -0.2) is 37.6 Å². The number of likely N-dealkylation sites (N-methyl/N-ethyl adjacent to an activating group) is 1. The summed E-state index contributed by atoms with van der Waals surface area (Å²) in [6.07, 6.45) is 7.08. The summed E-state index contributed by atoms with van der Waals surface area (Å²) >= 11 is 0. The van der Waals surface area contributed by atoms with Crippen LogP contribution in [0.2, 0.25) is 0 Å². The summed E-state index contributed by atoms with van der Waals surface area (Å²) in [7, 11) is 2.06. The van der Waals surface area contributed by atoms with Crippen molar-refractivity contribution in [1.82, 2.24) is 10.2 Å². The molecule has 1 heterocycles. The van der Waals surface area contributed by atoms with Crippen LogP contribution in [0, 0.1) is 5.92 Å². The molecule has 1 rings (SSSR count). The first-order valence-electron chi connectivity index (χ1n) is 6.65. The summed E-state index contributed by atoms with van der Waals surface area (Å²) in [6.45, 7) is 8.43. The SMILES string of the molecule is CCCC1CCCN(CC(C)NC)CC1. The Morgan fingerprint density at radius 2 is 2.13 bits per heavy atom. The average Bonchev–Trinajstić information content (AvgIpc) is 2.45. The van der Waals surface area contributed by atoms with Crippen molar-refractivity contribution in [3.63, 3.8) is 0 Å². The Hall–Kier alpha value is -0.0800. The molecule has 0 amide bonds. The lowest BCUT2D eigenvalue weighted by atomic mass is 9.96. The van der Waals surface area contributed by atoms with Crippen molar-refractivity contribution in [3.05, 3.63) is 0 Å². The van der Waals surface area contributed by atoms with Crippen LogP contribution in [0.4, 0.5) is 0 Å². The van der Waals surface area contributed by atoms with Gasteiger partial charge in [0.1, 0.15) is 0 Å². The fraction of sp³-hybridized carbons (Fsp3) is 1.00. The van der Waals surface area contributed by atoms with Crippen molar-refractivity contribution >= 4 is 0 Å². The van der Waals surface area contributed by atoms with Crippen LogP contribution < -0.4 is 5.32 Å². The molecular formula is C13H28N2. The average molecular weight is 212 g/mol. The van der Waals surface area contributed by atoms with Gasteiger partial charge in [-0.05, 0) is 52.2 Å². The normalized spacial score (nSPS) is 26.2. The predicted molar refractivity (Wildman–Crippen MR) is 67.2 cm³/mol. The first-order valence-corrected chi connectivity index (χ1v) is 6.65. The highest BCUT2D eigenvalue weighted by molar-refractivity contribution is 4.72. The Kier molecular flexibility index (Phi) is 6.26. The minimum Gasteiger partial charge on any atom is -0.316 e. The Labute approximate surface area is 95.4 Å². The first kappa shape index (κ1) is 13.0. The summed E-state index contributed by atoms with van der Waals surface area (Å²) in [4.78, 5) is 2.64. The van der Waals surface area contributed by atoms with Crippen LogP contribution in [0.5, 0.6) is 0 Å². The van der Waals surface area contributed by atoms with Crippen molar-refractivity contribution in [2.75, 3.05) is 26.7 Å². The molecule has 0 radical (unpaired) electrons. The summed E-state index contributed by atoms with van der Waals surface area (Å²) in [6, 6.07) is 0.632. The van der Waals surface area contributed by atoms with Crippen molar-refractivity contribution in [2.24, 2.45) is 5.92 Å². The Balaban J connectivity index is 2.26. The molecule has 0 aromatic rings.